The van der Waals surface area contributed by atoms with Crippen molar-refractivity contribution in [2.24, 2.45) is 0 Å². The molecule has 0 heterocycles. The molecule has 0 aliphatic heterocycles. The molecule has 1 nitrogen and oxygen atoms in total. The number of alkyl halides is 1. The van der Waals surface area contributed by atoms with E-state index in [1.165, 1.54) is 0 Å². The predicted octanol–water partition coefficient (Wildman–Crippen LogP) is 0.833. The Kier molecular flexibility index (Phi) is 3.58. The van der Waals surface area contributed by atoms with Crippen LogP contribution in [0.3, 0.4) is 0 Å². The van der Waals surface area contributed by atoms with Crippen LogP contribution in [-0.2, 0) is 0 Å². The molecule has 0 saturated carbocycles. The molecule has 0 saturated heterocycles. The standard InChI is InChI=1S/C4H10ClN/c1-4(3-5)6-2/h4,6H,3H2,1-2H3/t4-/m1/s1. The fourth-order valence-electron chi connectivity index (χ4n) is 0.0772. The van der Waals surface area contributed by atoms with Crippen molar-refractivity contribution in [1.29, 1.82) is 0 Å². The van der Waals surface area contributed by atoms with E-state index in [2.05, 4.69) is 5.32 Å². The Balaban J connectivity index is 2.75. The maximum Gasteiger partial charge on any atom is 0.0374 e. The van der Waals surface area contributed by atoms with E-state index in [-0.39, 0.29) is 0 Å². The molecular formula is C4H10ClN. The zero-order chi connectivity index (χ0) is 4.99. The van der Waals surface area contributed by atoms with Crippen LogP contribution in [0.4, 0.5) is 0 Å². The van der Waals surface area contributed by atoms with Gasteiger partial charge in [0.05, 0.1) is 0 Å². The summed E-state index contributed by atoms with van der Waals surface area (Å²) >= 11 is 5.39. The molecule has 0 radical (unpaired) electrons. The molecule has 0 aliphatic carbocycles. The van der Waals surface area contributed by atoms with Gasteiger partial charge < -0.3 is 5.32 Å². The smallest absolute Gasteiger partial charge is 0.0374 e. The van der Waals surface area contributed by atoms with E-state index in [9.17, 15) is 0 Å². The van der Waals surface area contributed by atoms with Crippen LogP contribution < -0.4 is 5.32 Å². The molecular weight excluding hydrogens is 97.5 g/mol. The molecule has 0 bridgehead atoms. The fourth-order valence-corrected chi connectivity index (χ4v) is 0.231. The Labute approximate surface area is 43.7 Å². The highest BCUT2D eigenvalue weighted by atomic mass is 35.5. The Morgan fingerprint density at radius 2 is 2.33 bits per heavy atom. The van der Waals surface area contributed by atoms with E-state index in [1.54, 1.807) is 0 Å². The molecule has 2 heteroatoms. The Morgan fingerprint density at radius 1 is 1.83 bits per heavy atom. The largest absolute Gasteiger partial charge is 0.316 e. The van der Waals surface area contributed by atoms with Crippen molar-refractivity contribution in [3.8, 4) is 0 Å². The molecule has 0 aromatic carbocycles. The highest BCUT2D eigenvalue weighted by Crippen LogP contribution is 1.80. The molecule has 0 unspecified atom stereocenters. The van der Waals surface area contributed by atoms with Gasteiger partial charge in [0.2, 0.25) is 0 Å². The van der Waals surface area contributed by atoms with Crippen molar-refractivity contribution in [3.05, 3.63) is 0 Å². The molecule has 0 fully saturated rings. The average molecular weight is 108 g/mol. The van der Waals surface area contributed by atoms with Gasteiger partial charge in [-0.05, 0) is 14.0 Å². The van der Waals surface area contributed by atoms with Crippen LogP contribution >= 0.6 is 11.6 Å². The van der Waals surface area contributed by atoms with E-state index in [0.717, 1.165) is 0 Å². The lowest BCUT2D eigenvalue weighted by Crippen LogP contribution is -2.22. The Morgan fingerprint density at radius 3 is 2.33 bits per heavy atom. The van der Waals surface area contributed by atoms with Gasteiger partial charge in [-0.15, -0.1) is 11.6 Å². The zero-order valence-electron chi connectivity index (χ0n) is 4.16. The summed E-state index contributed by atoms with van der Waals surface area (Å²) in [6.45, 7) is 2.03. The summed E-state index contributed by atoms with van der Waals surface area (Å²) in [6, 6.07) is 0.451. The Bertz CT molecular complexity index is 26.7. The van der Waals surface area contributed by atoms with E-state index in [0.29, 0.717) is 11.9 Å². The van der Waals surface area contributed by atoms with Crippen LogP contribution in [0.2, 0.25) is 0 Å². The molecule has 0 aromatic rings. The second-order valence-corrected chi connectivity index (χ2v) is 1.65. The second kappa shape index (κ2) is 3.44. The minimum Gasteiger partial charge on any atom is -0.316 e. The molecule has 1 atom stereocenters. The van der Waals surface area contributed by atoms with Gasteiger partial charge in [-0.2, -0.15) is 0 Å². The van der Waals surface area contributed by atoms with Crippen LogP contribution in [-0.4, -0.2) is 19.0 Å². The minimum atomic E-state index is 0.451. The van der Waals surface area contributed by atoms with Crippen molar-refractivity contribution < 1.29 is 0 Å². The number of hydrogen-bond donors (Lipinski definition) is 1. The monoisotopic (exact) mass is 107 g/mol. The summed E-state index contributed by atoms with van der Waals surface area (Å²) in [4.78, 5) is 0. The normalized spacial score (nSPS) is 14.5. The first-order valence-electron chi connectivity index (χ1n) is 2.04. The van der Waals surface area contributed by atoms with Gasteiger partial charge in [0.25, 0.3) is 0 Å². The summed E-state index contributed by atoms with van der Waals surface area (Å²) in [5.41, 5.74) is 0. The van der Waals surface area contributed by atoms with Gasteiger partial charge >= 0.3 is 0 Å². The topological polar surface area (TPSA) is 12.0 Å². The number of rotatable bonds is 2. The van der Waals surface area contributed by atoms with Crippen molar-refractivity contribution in [1.82, 2.24) is 5.32 Å². The first-order valence-corrected chi connectivity index (χ1v) is 2.58. The lowest BCUT2D eigenvalue weighted by Gasteiger charge is -2.00. The average Bonchev–Trinajstić information content (AvgIpc) is 1.65. The van der Waals surface area contributed by atoms with Gasteiger partial charge in [0.1, 0.15) is 0 Å². The summed E-state index contributed by atoms with van der Waals surface area (Å²) in [5.74, 6) is 0.691. The predicted molar refractivity (Wildman–Crippen MR) is 29.2 cm³/mol. The van der Waals surface area contributed by atoms with E-state index in [1.807, 2.05) is 14.0 Å². The molecule has 0 aliphatic rings. The van der Waals surface area contributed by atoms with Crippen molar-refractivity contribution >= 4 is 11.6 Å². The zero-order valence-corrected chi connectivity index (χ0v) is 4.92. The lowest BCUT2D eigenvalue weighted by atomic mass is 10.4. The van der Waals surface area contributed by atoms with Crippen LogP contribution in [0.25, 0.3) is 0 Å². The van der Waals surface area contributed by atoms with Gasteiger partial charge in [-0.3, -0.25) is 0 Å². The van der Waals surface area contributed by atoms with Crippen molar-refractivity contribution in [2.75, 3.05) is 12.9 Å². The SMILES string of the molecule is CN[C@H](C)CCl. The van der Waals surface area contributed by atoms with Gasteiger partial charge in [0.15, 0.2) is 0 Å². The third-order valence-electron chi connectivity index (χ3n) is 0.724. The molecule has 38 valence electrons. The Hall–Kier alpha value is 0.250. The fraction of sp³-hybridized carbons (Fsp3) is 1.00. The third-order valence-corrected chi connectivity index (χ3v) is 1.19. The highest BCUT2D eigenvalue weighted by molar-refractivity contribution is 6.18. The van der Waals surface area contributed by atoms with Gasteiger partial charge in [0, 0.05) is 11.9 Å². The molecule has 0 amide bonds. The molecule has 0 spiro atoms. The quantitative estimate of drug-likeness (QED) is 0.516. The van der Waals surface area contributed by atoms with Crippen molar-refractivity contribution in [3.63, 3.8) is 0 Å². The van der Waals surface area contributed by atoms with Gasteiger partial charge in [-0.25, -0.2) is 0 Å². The second-order valence-electron chi connectivity index (χ2n) is 1.34. The third kappa shape index (κ3) is 2.49. The van der Waals surface area contributed by atoms with Crippen molar-refractivity contribution in [2.45, 2.75) is 13.0 Å². The minimum absolute atomic E-state index is 0.451. The summed E-state index contributed by atoms with van der Waals surface area (Å²) in [5, 5.41) is 2.98. The van der Waals surface area contributed by atoms with E-state index >= 15 is 0 Å². The summed E-state index contributed by atoms with van der Waals surface area (Å²) in [6.07, 6.45) is 0. The van der Waals surface area contributed by atoms with Crippen LogP contribution in [0.15, 0.2) is 0 Å². The van der Waals surface area contributed by atoms with E-state index < -0.39 is 0 Å². The first kappa shape index (κ1) is 6.25. The summed E-state index contributed by atoms with van der Waals surface area (Å²) < 4.78 is 0. The maximum absolute atomic E-state index is 5.39. The maximum atomic E-state index is 5.39. The lowest BCUT2D eigenvalue weighted by molar-refractivity contribution is 0.674. The number of nitrogens with one attached hydrogen (secondary N) is 1. The van der Waals surface area contributed by atoms with Gasteiger partial charge in [-0.1, -0.05) is 0 Å². The molecule has 0 rings (SSSR count). The summed E-state index contributed by atoms with van der Waals surface area (Å²) in [7, 11) is 1.90. The van der Waals surface area contributed by atoms with Crippen LogP contribution in [0.1, 0.15) is 6.92 Å². The van der Waals surface area contributed by atoms with E-state index in [4.69, 9.17) is 11.6 Å². The first-order chi connectivity index (χ1) is 2.81. The highest BCUT2D eigenvalue weighted by Gasteiger charge is 1.88. The number of halogens is 1. The van der Waals surface area contributed by atoms with Crippen LogP contribution in [0, 0.1) is 0 Å². The molecule has 0 aromatic heterocycles. The van der Waals surface area contributed by atoms with Crippen LogP contribution in [0.5, 0.6) is 0 Å². The number of hydrogen-bond acceptors (Lipinski definition) is 1. The molecule has 1 N–H and O–H groups in total. The molecule has 6 heavy (non-hydrogen) atoms.